The van der Waals surface area contributed by atoms with E-state index in [1.165, 1.54) is 0 Å². The molecule has 0 saturated heterocycles. The van der Waals surface area contributed by atoms with Crippen LogP contribution < -0.4 is 5.32 Å². The molecule has 5 nitrogen and oxygen atoms in total. The van der Waals surface area contributed by atoms with E-state index in [2.05, 4.69) is 15.5 Å². The molecule has 8 heteroatoms. The monoisotopic (exact) mass is 253 g/mol. The third kappa shape index (κ3) is 6.22. The topological polar surface area (TPSA) is 60.2 Å². The van der Waals surface area contributed by atoms with Crippen LogP contribution in [0.15, 0.2) is 4.52 Å². The van der Waals surface area contributed by atoms with Crippen LogP contribution in [0.5, 0.6) is 0 Å². The van der Waals surface area contributed by atoms with Crippen molar-refractivity contribution >= 4 is 0 Å². The SMILES string of the molecule is CCOCCc1noc(CNCC(F)(F)F)n1. The van der Waals surface area contributed by atoms with E-state index >= 15 is 0 Å². The van der Waals surface area contributed by atoms with Crippen molar-refractivity contribution in [1.29, 1.82) is 0 Å². The van der Waals surface area contributed by atoms with Crippen molar-refractivity contribution in [1.82, 2.24) is 15.5 Å². The van der Waals surface area contributed by atoms with Crippen LogP contribution in [0.3, 0.4) is 0 Å². The fraction of sp³-hybridized carbons (Fsp3) is 0.778. The lowest BCUT2D eigenvalue weighted by molar-refractivity contribution is -0.125. The molecule has 0 aliphatic carbocycles. The molecule has 0 amide bonds. The van der Waals surface area contributed by atoms with E-state index < -0.39 is 12.7 Å². The Balaban J connectivity index is 2.26. The lowest BCUT2D eigenvalue weighted by Gasteiger charge is -2.05. The number of nitrogens with one attached hydrogen (secondary N) is 1. The number of halogens is 3. The maximum atomic E-state index is 11.8. The molecule has 1 rings (SSSR count). The average Bonchev–Trinajstić information content (AvgIpc) is 2.64. The van der Waals surface area contributed by atoms with Gasteiger partial charge in [0.15, 0.2) is 5.82 Å². The number of nitrogens with zero attached hydrogens (tertiary/aromatic N) is 2. The van der Waals surface area contributed by atoms with E-state index in [1.54, 1.807) is 0 Å². The third-order valence-corrected chi connectivity index (χ3v) is 1.79. The Labute approximate surface area is 96.3 Å². The highest BCUT2D eigenvalue weighted by molar-refractivity contribution is 4.86. The minimum atomic E-state index is -4.24. The summed E-state index contributed by atoms with van der Waals surface area (Å²) >= 11 is 0. The lowest BCUT2D eigenvalue weighted by atomic mass is 10.4. The minimum absolute atomic E-state index is 0.0961. The van der Waals surface area contributed by atoms with Crippen LogP contribution in [0.4, 0.5) is 13.2 Å². The van der Waals surface area contributed by atoms with Gasteiger partial charge in [0.25, 0.3) is 0 Å². The van der Waals surface area contributed by atoms with Crippen LogP contribution in [0.25, 0.3) is 0 Å². The summed E-state index contributed by atoms with van der Waals surface area (Å²) in [5, 5.41) is 5.79. The van der Waals surface area contributed by atoms with Gasteiger partial charge in [-0.2, -0.15) is 18.2 Å². The standard InChI is InChI=1S/C9H14F3N3O2/c1-2-16-4-3-7-14-8(17-15-7)5-13-6-9(10,11)12/h13H,2-6H2,1H3. The van der Waals surface area contributed by atoms with Crippen LogP contribution >= 0.6 is 0 Å². The van der Waals surface area contributed by atoms with Crippen molar-refractivity contribution in [3.63, 3.8) is 0 Å². The first-order chi connectivity index (χ1) is 8.01. The van der Waals surface area contributed by atoms with Crippen molar-refractivity contribution < 1.29 is 22.4 Å². The lowest BCUT2D eigenvalue weighted by Crippen LogP contribution is -2.28. The normalized spacial score (nSPS) is 12.0. The van der Waals surface area contributed by atoms with Crippen LogP contribution in [0.2, 0.25) is 0 Å². The van der Waals surface area contributed by atoms with E-state index in [-0.39, 0.29) is 12.4 Å². The van der Waals surface area contributed by atoms with E-state index in [1.807, 2.05) is 6.92 Å². The Hall–Kier alpha value is -1.15. The smallest absolute Gasteiger partial charge is 0.381 e. The van der Waals surface area contributed by atoms with Gasteiger partial charge in [0.1, 0.15) is 0 Å². The van der Waals surface area contributed by atoms with E-state index in [0.717, 1.165) is 0 Å². The molecule has 98 valence electrons. The number of alkyl halides is 3. The Morgan fingerprint density at radius 1 is 1.41 bits per heavy atom. The van der Waals surface area contributed by atoms with E-state index in [9.17, 15) is 13.2 Å². The quantitative estimate of drug-likeness (QED) is 0.742. The van der Waals surface area contributed by atoms with Crippen molar-refractivity contribution in [2.75, 3.05) is 19.8 Å². The molecule has 1 N–H and O–H groups in total. The highest BCUT2D eigenvalue weighted by Gasteiger charge is 2.26. The molecule has 1 heterocycles. The molecule has 0 spiro atoms. The van der Waals surface area contributed by atoms with Gasteiger partial charge in [0.2, 0.25) is 5.89 Å². The summed E-state index contributed by atoms with van der Waals surface area (Å²) in [7, 11) is 0. The van der Waals surface area contributed by atoms with Gasteiger partial charge in [-0.05, 0) is 6.92 Å². The summed E-state index contributed by atoms with van der Waals surface area (Å²) < 4.78 is 45.3. The summed E-state index contributed by atoms with van der Waals surface area (Å²) in [6.07, 6.45) is -3.76. The molecule has 17 heavy (non-hydrogen) atoms. The number of hydrogen-bond acceptors (Lipinski definition) is 5. The van der Waals surface area contributed by atoms with Crippen LogP contribution in [-0.2, 0) is 17.7 Å². The fourth-order valence-electron chi connectivity index (χ4n) is 1.08. The van der Waals surface area contributed by atoms with Crippen LogP contribution in [0, 0.1) is 0 Å². The van der Waals surface area contributed by atoms with Gasteiger partial charge in [-0.1, -0.05) is 5.16 Å². The molecule has 0 unspecified atom stereocenters. The molecular weight excluding hydrogens is 239 g/mol. The molecule has 0 aliphatic rings. The van der Waals surface area contributed by atoms with Gasteiger partial charge >= 0.3 is 6.18 Å². The summed E-state index contributed by atoms with van der Waals surface area (Å²) in [6, 6.07) is 0. The predicted octanol–water partition coefficient (Wildman–Crippen LogP) is 1.30. The Morgan fingerprint density at radius 2 is 2.18 bits per heavy atom. The van der Waals surface area contributed by atoms with Crippen LogP contribution in [-0.4, -0.2) is 36.1 Å². The third-order valence-electron chi connectivity index (χ3n) is 1.79. The number of rotatable bonds is 7. The van der Waals surface area contributed by atoms with Crippen molar-refractivity contribution in [2.45, 2.75) is 26.1 Å². The molecule has 1 aromatic heterocycles. The first-order valence-electron chi connectivity index (χ1n) is 5.18. The number of hydrogen-bond donors (Lipinski definition) is 1. The molecule has 0 saturated carbocycles. The molecule has 0 bridgehead atoms. The molecule has 0 aromatic carbocycles. The summed E-state index contributed by atoms with van der Waals surface area (Å²) in [5.41, 5.74) is 0. The summed E-state index contributed by atoms with van der Waals surface area (Å²) in [6.45, 7) is 1.75. The Kier molecular flexibility index (Phi) is 5.36. The highest BCUT2D eigenvalue weighted by Crippen LogP contribution is 2.12. The molecule has 0 fully saturated rings. The Morgan fingerprint density at radius 3 is 2.82 bits per heavy atom. The van der Waals surface area contributed by atoms with E-state index in [4.69, 9.17) is 9.26 Å². The first-order valence-corrected chi connectivity index (χ1v) is 5.18. The molecule has 0 atom stereocenters. The molecule has 0 aliphatic heterocycles. The fourth-order valence-corrected chi connectivity index (χ4v) is 1.08. The van der Waals surface area contributed by atoms with Crippen molar-refractivity contribution in [3.05, 3.63) is 11.7 Å². The van der Waals surface area contributed by atoms with Gasteiger partial charge in [-0.15, -0.1) is 0 Å². The highest BCUT2D eigenvalue weighted by atomic mass is 19.4. The maximum absolute atomic E-state index is 11.8. The number of ether oxygens (including phenoxy) is 1. The minimum Gasteiger partial charge on any atom is -0.381 e. The van der Waals surface area contributed by atoms with Gasteiger partial charge in [-0.25, -0.2) is 0 Å². The van der Waals surface area contributed by atoms with Gasteiger partial charge in [0.05, 0.1) is 19.7 Å². The maximum Gasteiger partial charge on any atom is 0.401 e. The summed E-state index contributed by atoms with van der Waals surface area (Å²) in [5.74, 6) is 0.572. The Bertz CT molecular complexity index is 328. The second kappa shape index (κ2) is 6.55. The van der Waals surface area contributed by atoms with Crippen LogP contribution in [0.1, 0.15) is 18.6 Å². The van der Waals surface area contributed by atoms with Crippen molar-refractivity contribution in [2.24, 2.45) is 0 Å². The first kappa shape index (κ1) is 13.9. The zero-order valence-corrected chi connectivity index (χ0v) is 9.38. The van der Waals surface area contributed by atoms with Gasteiger partial charge in [-0.3, -0.25) is 0 Å². The zero-order valence-electron chi connectivity index (χ0n) is 9.38. The van der Waals surface area contributed by atoms with E-state index in [0.29, 0.717) is 25.5 Å². The average molecular weight is 253 g/mol. The summed E-state index contributed by atoms with van der Waals surface area (Å²) in [4.78, 5) is 3.91. The molecular formula is C9H14F3N3O2. The predicted molar refractivity (Wildman–Crippen MR) is 52.3 cm³/mol. The van der Waals surface area contributed by atoms with Gasteiger partial charge in [0, 0.05) is 13.0 Å². The van der Waals surface area contributed by atoms with Gasteiger partial charge < -0.3 is 14.6 Å². The second-order valence-electron chi connectivity index (χ2n) is 3.27. The molecule has 0 radical (unpaired) electrons. The molecule has 1 aromatic rings. The zero-order chi connectivity index (χ0) is 12.7. The number of aromatic nitrogens is 2. The van der Waals surface area contributed by atoms with Crippen molar-refractivity contribution in [3.8, 4) is 0 Å². The largest absolute Gasteiger partial charge is 0.401 e. The second-order valence-corrected chi connectivity index (χ2v) is 3.27.